The molecule has 0 aliphatic carbocycles. The van der Waals surface area contributed by atoms with E-state index in [4.69, 9.17) is 0 Å². The van der Waals surface area contributed by atoms with Crippen LogP contribution in [-0.2, 0) is 9.59 Å². The Bertz CT molecular complexity index is 737. The molecule has 1 aromatic carbocycles. The molecule has 0 saturated heterocycles. The van der Waals surface area contributed by atoms with Gasteiger partial charge in [-0.25, -0.2) is 0 Å². The van der Waals surface area contributed by atoms with Crippen LogP contribution >= 0.6 is 11.3 Å². The summed E-state index contributed by atoms with van der Waals surface area (Å²) in [4.78, 5) is 35.8. The summed E-state index contributed by atoms with van der Waals surface area (Å²) in [6.07, 6.45) is 3.39. The van der Waals surface area contributed by atoms with Crippen molar-refractivity contribution in [3.05, 3.63) is 58.3 Å². The summed E-state index contributed by atoms with van der Waals surface area (Å²) in [6.45, 7) is 1.76. The number of carbonyl (C=O) groups excluding carboxylic acids is 3. The molecule has 0 unspecified atom stereocenters. The van der Waals surface area contributed by atoms with Crippen molar-refractivity contribution in [1.29, 1.82) is 0 Å². The van der Waals surface area contributed by atoms with Gasteiger partial charge in [-0.1, -0.05) is 13.0 Å². The number of thiophene rings is 1. The third kappa shape index (κ3) is 5.36. The first-order valence-corrected chi connectivity index (χ1v) is 8.18. The predicted octanol–water partition coefficient (Wildman–Crippen LogP) is 2.57. The van der Waals surface area contributed by atoms with Crippen LogP contribution in [-0.4, -0.2) is 17.7 Å². The molecule has 6 nitrogen and oxygen atoms in total. The Hall–Kier alpha value is -2.93. The van der Waals surface area contributed by atoms with Crippen molar-refractivity contribution in [2.24, 2.45) is 0 Å². The Morgan fingerprint density at radius 1 is 1.08 bits per heavy atom. The van der Waals surface area contributed by atoms with Crippen molar-refractivity contribution in [3.8, 4) is 0 Å². The van der Waals surface area contributed by atoms with E-state index in [1.54, 1.807) is 37.3 Å². The van der Waals surface area contributed by atoms with Crippen LogP contribution in [0.4, 0.5) is 5.69 Å². The second-order valence-corrected chi connectivity index (χ2v) is 5.75. The van der Waals surface area contributed by atoms with Gasteiger partial charge in [-0.2, -0.15) is 0 Å². The second kappa shape index (κ2) is 8.64. The molecule has 3 amide bonds. The van der Waals surface area contributed by atoms with Gasteiger partial charge in [-0.3, -0.25) is 25.2 Å². The van der Waals surface area contributed by atoms with E-state index in [0.717, 1.165) is 4.88 Å². The molecule has 2 aromatic rings. The first-order valence-electron chi connectivity index (χ1n) is 7.30. The third-order valence-electron chi connectivity index (χ3n) is 2.99. The lowest BCUT2D eigenvalue weighted by Gasteiger charge is -2.07. The van der Waals surface area contributed by atoms with Crippen molar-refractivity contribution in [1.82, 2.24) is 10.9 Å². The van der Waals surface area contributed by atoms with Crippen LogP contribution in [0, 0.1) is 0 Å². The van der Waals surface area contributed by atoms with E-state index in [2.05, 4.69) is 16.2 Å². The lowest BCUT2D eigenvalue weighted by atomic mass is 10.2. The van der Waals surface area contributed by atoms with Gasteiger partial charge in [-0.05, 0) is 41.8 Å². The lowest BCUT2D eigenvalue weighted by molar-refractivity contribution is -0.117. The Morgan fingerprint density at radius 3 is 2.46 bits per heavy atom. The lowest BCUT2D eigenvalue weighted by Crippen LogP contribution is -2.40. The van der Waals surface area contributed by atoms with Crippen LogP contribution in [0.15, 0.2) is 47.9 Å². The summed E-state index contributed by atoms with van der Waals surface area (Å²) in [7, 11) is 0. The van der Waals surface area contributed by atoms with E-state index >= 15 is 0 Å². The molecule has 0 aliphatic heterocycles. The highest BCUT2D eigenvalue weighted by Crippen LogP contribution is 2.10. The maximum Gasteiger partial charge on any atom is 0.269 e. The number of hydrogen-bond acceptors (Lipinski definition) is 4. The predicted molar refractivity (Wildman–Crippen MR) is 94.3 cm³/mol. The summed E-state index contributed by atoms with van der Waals surface area (Å²) < 4.78 is 0. The Kier molecular flexibility index (Phi) is 6.27. The number of nitrogens with one attached hydrogen (secondary N) is 3. The molecule has 0 bridgehead atoms. The SMILES string of the molecule is CCC(=O)Nc1ccc(C(=O)NNC(=O)/C=C/c2cccs2)cc1. The van der Waals surface area contributed by atoms with E-state index in [9.17, 15) is 14.4 Å². The highest BCUT2D eigenvalue weighted by atomic mass is 32.1. The minimum absolute atomic E-state index is 0.100. The topological polar surface area (TPSA) is 87.3 Å². The molecule has 7 heteroatoms. The first kappa shape index (κ1) is 17.4. The smallest absolute Gasteiger partial charge is 0.269 e. The summed E-state index contributed by atoms with van der Waals surface area (Å²) in [5.74, 6) is -0.971. The average Bonchev–Trinajstić information content (AvgIpc) is 3.12. The Labute approximate surface area is 143 Å². The van der Waals surface area contributed by atoms with Gasteiger partial charge in [-0.15, -0.1) is 11.3 Å². The third-order valence-corrected chi connectivity index (χ3v) is 3.83. The molecule has 0 atom stereocenters. The molecule has 3 N–H and O–H groups in total. The number of anilines is 1. The van der Waals surface area contributed by atoms with Crippen molar-refractivity contribution in [3.63, 3.8) is 0 Å². The fraction of sp³-hybridized carbons (Fsp3) is 0.118. The molecule has 1 heterocycles. The molecule has 124 valence electrons. The van der Waals surface area contributed by atoms with Crippen LogP contribution in [0.5, 0.6) is 0 Å². The van der Waals surface area contributed by atoms with E-state index < -0.39 is 11.8 Å². The second-order valence-electron chi connectivity index (χ2n) is 4.77. The molecular weight excluding hydrogens is 326 g/mol. The number of carbonyl (C=O) groups is 3. The number of benzene rings is 1. The number of amides is 3. The van der Waals surface area contributed by atoms with Gasteiger partial charge in [0, 0.05) is 28.6 Å². The van der Waals surface area contributed by atoms with Crippen molar-refractivity contribution in [2.45, 2.75) is 13.3 Å². The Balaban J connectivity index is 1.83. The number of rotatable bonds is 5. The molecule has 24 heavy (non-hydrogen) atoms. The van der Waals surface area contributed by atoms with Gasteiger partial charge in [0.05, 0.1) is 0 Å². The van der Waals surface area contributed by atoms with Gasteiger partial charge in [0.1, 0.15) is 0 Å². The van der Waals surface area contributed by atoms with E-state index in [0.29, 0.717) is 17.7 Å². The van der Waals surface area contributed by atoms with E-state index in [-0.39, 0.29) is 5.91 Å². The monoisotopic (exact) mass is 343 g/mol. The van der Waals surface area contributed by atoms with E-state index in [1.807, 2.05) is 17.5 Å². The van der Waals surface area contributed by atoms with Crippen LogP contribution in [0.3, 0.4) is 0 Å². The minimum Gasteiger partial charge on any atom is -0.326 e. The highest BCUT2D eigenvalue weighted by Gasteiger charge is 2.06. The minimum atomic E-state index is -0.443. The largest absolute Gasteiger partial charge is 0.326 e. The first-order chi connectivity index (χ1) is 11.6. The van der Waals surface area contributed by atoms with E-state index in [1.165, 1.54) is 17.4 Å². The molecule has 1 aromatic heterocycles. The fourth-order valence-corrected chi connectivity index (χ4v) is 2.35. The molecule has 2 rings (SSSR count). The zero-order valence-corrected chi connectivity index (χ0v) is 13.9. The van der Waals surface area contributed by atoms with Crippen molar-refractivity contribution >= 4 is 40.8 Å². The molecule has 0 spiro atoms. The van der Waals surface area contributed by atoms with Crippen molar-refractivity contribution in [2.75, 3.05) is 5.32 Å². The van der Waals surface area contributed by atoms with Gasteiger partial charge >= 0.3 is 0 Å². The zero-order valence-electron chi connectivity index (χ0n) is 13.0. The molecule has 0 radical (unpaired) electrons. The van der Waals surface area contributed by atoms with Gasteiger partial charge in [0.25, 0.3) is 11.8 Å². The molecular formula is C17H17N3O3S. The zero-order chi connectivity index (χ0) is 17.4. The number of hydrazine groups is 1. The van der Waals surface area contributed by atoms with Gasteiger partial charge in [0.2, 0.25) is 5.91 Å². The quantitative estimate of drug-likeness (QED) is 0.576. The van der Waals surface area contributed by atoms with Crippen LogP contribution < -0.4 is 16.2 Å². The summed E-state index contributed by atoms with van der Waals surface area (Å²) >= 11 is 1.51. The summed E-state index contributed by atoms with van der Waals surface area (Å²) in [6, 6.07) is 10.1. The van der Waals surface area contributed by atoms with Gasteiger partial charge < -0.3 is 5.32 Å². The van der Waals surface area contributed by atoms with Crippen LogP contribution in [0.1, 0.15) is 28.6 Å². The van der Waals surface area contributed by atoms with Crippen LogP contribution in [0.25, 0.3) is 6.08 Å². The standard InChI is InChI=1S/C17H17N3O3S/c1-2-15(21)18-13-7-5-12(6-8-13)17(23)20-19-16(22)10-9-14-4-3-11-24-14/h3-11H,2H2,1H3,(H,18,21)(H,19,22)(H,20,23)/b10-9+. The summed E-state index contributed by atoms with van der Waals surface area (Å²) in [5, 5.41) is 4.60. The normalized spacial score (nSPS) is 10.4. The maximum absolute atomic E-state index is 11.9. The summed E-state index contributed by atoms with van der Waals surface area (Å²) in [5.41, 5.74) is 5.62. The highest BCUT2D eigenvalue weighted by molar-refractivity contribution is 7.10. The van der Waals surface area contributed by atoms with Crippen molar-refractivity contribution < 1.29 is 14.4 Å². The fourth-order valence-electron chi connectivity index (χ4n) is 1.73. The molecule has 0 fully saturated rings. The maximum atomic E-state index is 11.9. The Morgan fingerprint density at radius 2 is 1.83 bits per heavy atom. The molecule has 0 saturated carbocycles. The average molecular weight is 343 g/mol. The number of hydrogen-bond donors (Lipinski definition) is 3. The molecule has 0 aliphatic rings. The van der Waals surface area contributed by atoms with Gasteiger partial charge in [0.15, 0.2) is 0 Å². The van der Waals surface area contributed by atoms with Crippen LogP contribution in [0.2, 0.25) is 0 Å².